The maximum absolute atomic E-state index is 12.8. The molecule has 0 aromatic carbocycles. The normalized spacial score (nSPS) is 30.0. The van der Waals surface area contributed by atoms with Crippen LogP contribution < -0.4 is 5.32 Å². The Morgan fingerprint density at radius 1 is 1.41 bits per heavy atom. The van der Waals surface area contributed by atoms with Gasteiger partial charge in [0, 0.05) is 50.3 Å². The van der Waals surface area contributed by atoms with Crippen molar-refractivity contribution in [1.29, 1.82) is 0 Å². The first-order chi connectivity index (χ1) is 14.1. The fraction of sp³-hybridized carbons (Fsp3) is 0.571. The molecular weight excluding hydrogens is 372 g/mol. The highest BCUT2D eigenvalue weighted by Gasteiger charge is 2.63. The van der Waals surface area contributed by atoms with Gasteiger partial charge in [0.15, 0.2) is 0 Å². The molecule has 3 aliphatic heterocycles. The first-order valence-corrected chi connectivity index (χ1v) is 10.3. The smallest absolute Gasteiger partial charge is 0.254 e. The maximum atomic E-state index is 12.8. The van der Waals surface area contributed by atoms with Crippen molar-refractivity contribution in [2.45, 2.75) is 44.4 Å². The monoisotopic (exact) mass is 398 g/mol. The minimum atomic E-state index is -0.226. The topological polar surface area (TPSA) is 89.6 Å². The lowest BCUT2D eigenvalue weighted by molar-refractivity contribution is -0.132. The highest BCUT2D eigenvalue weighted by Crippen LogP contribution is 2.54. The third kappa shape index (κ3) is 3.15. The summed E-state index contributed by atoms with van der Waals surface area (Å²) < 4.78 is 13.4. The Morgan fingerprint density at radius 3 is 3.07 bits per heavy atom. The lowest BCUT2D eigenvalue weighted by Crippen LogP contribution is -2.41. The molecule has 29 heavy (non-hydrogen) atoms. The van der Waals surface area contributed by atoms with Crippen LogP contribution >= 0.6 is 0 Å². The number of nitrogens with one attached hydrogen (secondary N) is 1. The van der Waals surface area contributed by atoms with E-state index in [0.29, 0.717) is 38.2 Å². The molecule has 2 amide bonds. The number of fused-ring (bicyclic) bond motifs is 1. The van der Waals surface area contributed by atoms with Crippen molar-refractivity contribution in [2.75, 3.05) is 19.6 Å². The summed E-state index contributed by atoms with van der Waals surface area (Å²) in [4.78, 5) is 31.3. The van der Waals surface area contributed by atoms with Crippen LogP contribution in [0.25, 0.3) is 0 Å². The second-order valence-electron chi connectivity index (χ2n) is 8.44. The predicted molar refractivity (Wildman–Crippen MR) is 103 cm³/mol. The first kappa shape index (κ1) is 18.4. The molecule has 2 aromatic heterocycles. The zero-order valence-corrected chi connectivity index (χ0v) is 16.5. The number of aromatic nitrogens is 2. The van der Waals surface area contributed by atoms with E-state index < -0.39 is 0 Å². The van der Waals surface area contributed by atoms with Gasteiger partial charge in [-0.3, -0.25) is 9.59 Å². The molecule has 5 rings (SSSR count). The van der Waals surface area contributed by atoms with Crippen LogP contribution in [0.5, 0.6) is 0 Å². The van der Waals surface area contributed by atoms with Gasteiger partial charge in [0.05, 0.1) is 30.1 Å². The molecule has 3 fully saturated rings. The van der Waals surface area contributed by atoms with Crippen LogP contribution in [0.3, 0.4) is 0 Å². The van der Waals surface area contributed by atoms with Gasteiger partial charge in [0.2, 0.25) is 5.91 Å². The number of likely N-dealkylation sites (tertiary alicyclic amines) is 1. The van der Waals surface area contributed by atoms with E-state index >= 15 is 0 Å². The Labute approximate surface area is 169 Å². The third-order valence-corrected chi connectivity index (χ3v) is 6.91. The van der Waals surface area contributed by atoms with Crippen LogP contribution in [-0.2, 0) is 16.1 Å². The van der Waals surface area contributed by atoms with E-state index in [2.05, 4.69) is 10.3 Å². The molecule has 3 saturated heterocycles. The number of hydrogen-bond acceptors (Lipinski definition) is 5. The van der Waals surface area contributed by atoms with Crippen LogP contribution in [0.15, 0.2) is 35.4 Å². The van der Waals surface area contributed by atoms with Crippen LogP contribution in [0.1, 0.15) is 35.4 Å². The molecule has 5 heterocycles. The highest BCUT2D eigenvalue weighted by molar-refractivity contribution is 5.93. The molecule has 2 bridgehead atoms. The lowest BCUT2D eigenvalue weighted by atomic mass is 9.73. The number of carbonyl (C=O) groups is 2. The summed E-state index contributed by atoms with van der Waals surface area (Å²) in [5.74, 6) is 1.48. The van der Waals surface area contributed by atoms with Gasteiger partial charge in [-0.15, -0.1) is 0 Å². The third-order valence-electron chi connectivity index (χ3n) is 6.91. The summed E-state index contributed by atoms with van der Waals surface area (Å²) in [6.07, 6.45) is 9.25. The van der Waals surface area contributed by atoms with Gasteiger partial charge < -0.3 is 23.9 Å². The molecule has 154 valence electrons. The summed E-state index contributed by atoms with van der Waals surface area (Å²) >= 11 is 0. The minimum Gasteiger partial charge on any atom is -0.472 e. The first-order valence-electron chi connectivity index (χ1n) is 10.3. The van der Waals surface area contributed by atoms with E-state index in [1.165, 1.54) is 12.5 Å². The molecule has 0 unspecified atom stereocenters. The lowest BCUT2D eigenvalue weighted by Gasteiger charge is -2.29. The largest absolute Gasteiger partial charge is 0.472 e. The Morgan fingerprint density at radius 2 is 2.31 bits per heavy atom. The molecule has 8 nitrogen and oxygen atoms in total. The fourth-order valence-corrected chi connectivity index (χ4v) is 5.37. The van der Waals surface area contributed by atoms with E-state index in [1.807, 2.05) is 22.6 Å². The van der Waals surface area contributed by atoms with Gasteiger partial charge in [-0.2, -0.15) is 0 Å². The molecule has 0 radical (unpaired) electrons. The number of hydrogen-bond donors (Lipinski definition) is 1. The summed E-state index contributed by atoms with van der Waals surface area (Å²) in [6.45, 7) is 4.54. The fourth-order valence-electron chi connectivity index (χ4n) is 5.37. The van der Waals surface area contributed by atoms with Gasteiger partial charge in [0.25, 0.3) is 5.91 Å². The minimum absolute atomic E-state index is 0.128. The standard InChI is InChI=1S/C21H26N4O4/c1-14-22-6-8-24(14)7-3-19(26)25-11-17-16(18-2-5-21(17,13-25)29-18)10-23-20(27)15-4-9-28-12-15/h4,6,8-9,12,16-18H,2-3,5,7,10-11,13H2,1H3,(H,23,27)/t16-,17+,18+,21+/m0/s1. The zero-order chi connectivity index (χ0) is 20.0. The summed E-state index contributed by atoms with van der Waals surface area (Å²) in [5.41, 5.74) is 0.304. The van der Waals surface area contributed by atoms with Crippen LogP contribution in [0.2, 0.25) is 0 Å². The van der Waals surface area contributed by atoms with Crippen molar-refractivity contribution < 1.29 is 18.7 Å². The van der Waals surface area contributed by atoms with E-state index in [1.54, 1.807) is 12.3 Å². The SMILES string of the molecule is Cc1nccn1CCC(=O)N1C[C@@H]2[C@H](CNC(=O)c3ccoc3)[C@H]3CC[C@]2(C1)O3. The highest BCUT2D eigenvalue weighted by atomic mass is 16.5. The second-order valence-corrected chi connectivity index (χ2v) is 8.44. The number of imidazole rings is 1. The average molecular weight is 398 g/mol. The van der Waals surface area contributed by atoms with Crippen molar-refractivity contribution in [2.24, 2.45) is 11.8 Å². The Bertz CT molecular complexity index is 908. The number of ether oxygens (including phenoxy) is 1. The molecule has 3 aliphatic rings. The molecule has 4 atom stereocenters. The van der Waals surface area contributed by atoms with Crippen molar-refractivity contribution in [3.63, 3.8) is 0 Å². The van der Waals surface area contributed by atoms with Gasteiger partial charge in [-0.1, -0.05) is 0 Å². The maximum Gasteiger partial charge on any atom is 0.254 e. The van der Waals surface area contributed by atoms with E-state index in [0.717, 1.165) is 18.7 Å². The summed E-state index contributed by atoms with van der Waals surface area (Å²) in [5, 5.41) is 3.02. The van der Waals surface area contributed by atoms with Crippen LogP contribution in [-0.4, -0.2) is 57.6 Å². The Hall–Kier alpha value is -2.61. The quantitative estimate of drug-likeness (QED) is 0.799. The van der Waals surface area contributed by atoms with Crippen LogP contribution in [0.4, 0.5) is 0 Å². The van der Waals surface area contributed by atoms with Gasteiger partial charge in [-0.25, -0.2) is 4.98 Å². The number of nitrogens with zero attached hydrogens (tertiary/aromatic N) is 3. The van der Waals surface area contributed by atoms with E-state index in [4.69, 9.17) is 9.15 Å². The summed E-state index contributed by atoms with van der Waals surface area (Å²) in [6, 6.07) is 1.66. The number of furan rings is 1. The van der Waals surface area contributed by atoms with E-state index in [-0.39, 0.29) is 35.4 Å². The van der Waals surface area contributed by atoms with Crippen molar-refractivity contribution in [1.82, 2.24) is 19.8 Å². The predicted octanol–water partition coefficient (Wildman–Crippen LogP) is 1.61. The molecule has 2 aromatic rings. The Balaban J connectivity index is 1.21. The average Bonchev–Trinajstić information content (AvgIpc) is 3.51. The Kier molecular flexibility index (Phi) is 4.46. The van der Waals surface area contributed by atoms with Gasteiger partial charge in [0.1, 0.15) is 12.1 Å². The van der Waals surface area contributed by atoms with Gasteiger partial charge >= 0.3 is 0 Å². The molecule has 0 aliphatic carbocycles. The van der Waals surface area contributed by atoms with E-state index in [9.17, 15) is 9.59 Å². The second kappa shape index (κ2) is 7.02. The number of aryl methyl sites for hydroxylation is 2. The van der Waals surface area contributed by atoms with Crippen LogP contribution in [0, 0.1) is 18.8 Å². The van der Waals surface area contributed by atoms with Crippen molar-refractivity contribution >= 4 is 11.8 Å². The van der Waals surface area contributed by atoms with Crippen molar-refractivity contribution in [3.05, 3.63) is 42.4 Å². The zero-order valence-electron chi connectivity index (χ0n) is 16.5. The molecule has 8 heteroatoms. The number of rotatable bonds is 6. The molecule has 1 spiro atoms. The molecule has 1 N–H and O–H groups in total. The number of amides is 2. The molecule has 0 saturated carbocycles. The number of carbonyl (C=O) groups excluding carboxylic acids is 2. The van der Waals surface area contributed by atoms with Crippen molar-refractivity contribution in [3.8, 4) is 0 Å². The molecular formula is C21H26N4O4. The van der Waals surface area contributed by atoms with Gasteiger partial charge in [-0.05, 0) is 25.8 Å². The summed E-state index contributed by atoms with van der Waals surface area (Å²) in [7, 11) is 0.